The number of anilines is 1. The lowest BCUT2D eigenvalue weighted by atomic mass is 10.2. The quantitative estimate of drug-likeness (QED) is 0.479. The van der Waals surface area contributed by atoms with E-state index in [1.165, 1.54) is 13.2 Å². The van der Waals surface area contributed by atoms with E-state index in [0.29, 0.717) is 36.0 Å². The average Bonchev–Trinajstić information content (AvgIpc) is 3.22. The smallest absolute Gasteiger partial charge is 0.293 e. The van der Waals surface area contributed by atoms with Crippen LogP contribution in [0.1, 0.15) is 33.1 Å². The van der Waals surface area contributed by atoms with Crippen LogP contribution in [0.25, 0.3) is 0 Å². The van der Waals surface area contributed by atoms with E-state index in [1.54, 1.807) is 6.92 Å². The topological polar surface area (TPSA) is 112 Å². The number of nitrogens with zero attached hydrogens (tertiary/aromatic N) is 3. The number of carbonyl (C=O) groups excluding carboxylic acids is 2. The Morgan fingerprint density at radius 1 is 1.25 bits per heavy atom. The molecule has 0 aliphatic carbocycles. The highest BCUT2D eigenvalue weighted by Crippen LogP contribution is 2.29. The van der Waals surface area contributed by atoms with Gasteiger partial charge in [0.05, 0.1) is 17.2 Å². The summed E-state index contributed by atoms with van der Waals surface area (Å²) in [6.07, 6.45) is 0.679. The maximum absolute atomic E-state index is 12.5. The highest BCUT2D eigenvalue weighted by molar-refractivity contribution is 6.44. The van der Waals surface area contributed by atoms with E-state index in [4.69, 9.17) is 34.8 Å². The molecule has 0 unspecified atom stereocenters. The van der Waals surface area contributed by atoms with Crippen molar-refractivity contribution in [3.8, 4) is 0 Å². The monoisotopic (exact) mass is 446 g/mol. The summed E-state index contributed by atoms with van der Waals surface area (Å²) in [7, 11) is 1.32. The first-order chi connectivity index (χ1) is 13.3. The first-order valence-corrected chi connectivity index (χ1v) is 9.40. The summed E-state index contributed by atoms with van der Waals surface area (Å²) < 4.78 is 0. The molecule has 1 aliphatic rings. The minimum absolute atomic E-state index is 0.0606. The number of hydroxylamine groups is 1. The molecule has 9 nitrogen and oxygen atoms in total. The maximum Gasteiger partial charge on any atom is 0.293 e. The van der Waals surface area contributed by atoms with Gasteiger partial charge in [-0.15, -0.1) is 0 Å². The largest absolute Gasteiger partial charge is 0.354 e. The number of carbonyl (C=O) groups is 2. The van der Waals surface area contributed by atoms with Crippen molar-refractivity contribution in [3.05, 3.63) is 38.5 Å². The molecule has 2 aromatic heterocycles. The van der Waals surface area contributed by atoms with Crippen LogP contribution in [0.15, 0.2) is 6.07 Å². The highest BCUT2D eigenvalue weighted by Gasteiger charge is 2.28. The molecule has 0 bridgehead atoms. The lowest BCUT2D eigenvalue weighted by Gasteiger charge is -2.18. The van der Waals surface area contributed by atoms with E-state index < -0.39 is 5.91 Å². The summed E-state index contributed by atoms with van der Waals surface area (Å²) in [5.74, 6) is -0.395. The van der Waals surface area contributed by atoms with Gasteiger partial charge >= 0.3 is 0 Å². The van der Waals surface area contributed by atoms with Crippen molar-refractivity contribution in [3.63, 3.8) is 0 Å². The number of H-pyrrole nitrogens is 1. The molecule has 3 rings (SSSR count). The van der Waals surface area contributed by atoms with Crippen molar-refractivity contribution in [1.29, 1.82) is 0 Å². The molecule has 1 aliphatic heterocycles. The molecule has 3 N–H and O–H groups in total. The van der Waals surface area contributed by atoms with Gasteiger partial charge in [0.2, 0.25) is 5.28 Å². The van der Waals surface area contributed by atoms with Crippen molar-refractivity contribution in [1.82, 2.24) is 25.7 Å². The SMILES string of the molecule is CONC(=O)c1cc(N2CC[C@@H](NC(=O)c3[nH]c(C)c(Cl)c3Cl)C2)nc(Cl)n1. The zero-order chi connectivity index (χ0) is 20.4. The van der Waals surface area contributed by atoms with Gasteiger partial charge in [-0.1, -0.05) is 23.2 Å². The van der Waals surface area contributed by atoms with Gasteiger partial charge in [-0.3, -0.25) is 14.4 Å². The van der Waals surface area contributed by atoms with Crippen LogP contribution in [0.5, 0.6) is 0 Å². The van der Waals surface area contributed by atoms with Gasteiger partial charge in [0.15, 0.2) is 0 Å². The van der Waals surface area contributed by atoms with E-state index in [9.17, 15) is 9.59 Å². The number of halogens is 3. The van der Waals surface area contributed by atoms with E-state index in [0.717, 1.165) is 0 Å². The summed E-state index contributed by atoms with van der Waals surface area (Å²) in [6.45, 7) is 2.83. The second-order valence-electron chi connectivity index (χ2n) is 6.17. The molecule has 1 atom stereocenters. The first kappa shape index (κ1) is 20.7. The molecule has 0 aromatic carbocycles. The molecule has 12 heteroatoms. The van der Waals surface area contributed by atoms with E-state index in [1.807, 2.05) is 4.90 Å². The van der Waals surface area contributed by atoms with Crippen molar-refractivity contribution in [2.24, 2.45) is 0 Å². The summed E-state index contributed by atoms with van der Waals surface area (Å²) in [6, 6.07) is 1.37. The number of hydrogen-bond acceptors (Lipinski definition) is 6. The van der Waals surface area contributed by atoms with Gasteiger partial charge in [0, 0.05) is 30.9 Å². The molecule has 0 saturated carbocycles. The molecule has 1 saturated heterocycles. The Bertz CT molecular complexity index is 919. The van der Waals surface area contributed by atoms with Gasteiger partial charge in [-0.25, -0.2) is 15.4 Å². The van der Waals surface area contributed by atoms with Crippen LogP contribution in [0, 0.1) is 6.92 Å². The lowest BCUT2D eigenvalue weighted by Crippen LogP contribution is -2.37. The standard InChI is InChI=1S/C16H17Cl3N6O3/c1-7-11(17)12(18)13(20-7)15(27)21-8-3-4-25(6-8)10-5-9(14(26)24-28-2)22-16(19)23-10/h5,8,20H,3-4,6H2,1-2H3,(H,21,27)(H,24,26)/t8-/m1/s1. The molecule has 28 heavy (non-hydrogen) atoms. The van der Waals surface area contributed by atoms with Gasteiger partial charge < -0.3 is 15.2 Å². The Morgan fingerprint density at radius 3 is 2.64 bits per heavy atom. The van der Waals surface area contributed by atoms with Gasteiger partial charge in [-0.2, -0.15) is 0 Å². The average molecular weight is 448 g/mol. The summed E-state index contributed by atoms with van der Waals surface area (Å²) in [5.41, 5.74) is 3.11. The maximum atomic E-state index is 12.5. The zero-order valence-electron chi connectivity index (χ0n) is 15.0. The fraction of sp³-hybridized carbons (Fsp3) is 0.375. The second kappa shape index (κ2) is 8.52. The molecule has 2 amide bonds. The minimum Gasteiger partial charge on any atom is -0.354 e. The minimum atomic E-state index is -0.536. The number of hydrogen-bond donors (Lipinski definition) is 3. The van der Waals surface area contributed by atoms with Crippen LogP contribution >= 0.6 is 34.8 Å². The molecular weight excluding hydrogens is 431 g/mol. The number of aromatic amines is 1. The van der Waals surface area contributed by atoms with Crippen LogP contribution in [0.4, 0.5) is 5.82 Å². The fourth-order valence-corrected chi connectivity index (χ4v) is 3.50. The number of amides is 2. The normalized spacial score (nSPS) is 16.3. The van der Waals surface area contributed by atoms with Gasteiger partial charge in [0.1, 0.15) is 17.2 Å². The summed E-state index contributed by atoms with van der Waals surface area (Å²) in [4.78, 5) is 41.8. The molecule has 2 aromatic rings. The number of aryl methyl sites for hydroxylation is 1. The van der Waals surface area contributed by atoms with Gasteiger partial charge in [0.25, 0.3) is 11.8 Å². The number of rotatable bonds is 5. The van der Waals surface area contributed by atoms with Crippen LogP contribution in [0.2, 0.25) is 15.3 Å². The third-order valence-corrected chi connectivity index (χ3v) is 5.36. The van der Waals surface area contributed by atoms with Crippen molar-refractivity contribution < 1.29 is 14.4 Å². The van der Waals surface area contributed by atoms with Crippen LogP contribution in [-0.2, 0) is 4.84 Å². The van der Waals surface area contributed by atoms with E-state index in [2.05, 4.69) is 30.6 Å². The van der Waals surface area contributed by atoms with Crippen molar-refractivity contribution in [2.45, 2.75) is 19.4 Å². The second-order valence-corrected chi connectivity index (χ2v) is 7.27. The molecule has 0 spiro atoms. The Labute approximate surface area is 175 Å². The van der Waals surface area contributed by atoms with Crippen molar-refractivity contribution >= 4 is 52.4 Å². The summed E-state index contributed by atoms with van der Waals surface area (Å²) >= 11 is 18.1. The van der Waals surface area contributed by atoms with Crippen LogP contribution < -0.4 is 15.7 Å². The summed E-state index contributed by atoms with van der Waals surface area (Å²) in [5, 5.41) is 3.39. The molecule has 3 heterocycles. The van der Waals surface area contributed by atoms with Crippen LogP contribution in [-0.4, -0.2) is 53.0 Å². The molecule has 150 valence electrons. The first-order valence-electron chi connectivity index (χ1n) is 8.27. The highest BCUT2D eigenvalue weighted by atomic mass is 35.5. The zero-order valence-corrected chi connectivity index (χ0v) is 17.2. The predicted octanol–water partition coefficient (Wildman–Crippen LogP) is 2.37. The van der Waals surface area contributed by atoms with E-state index >= 15 is 0 Å². The Morgan fingerprint density at radius 2 is 2.00 bits per heavy atom. The Kier molecular flexibility index (Phi) is 6.29. The predicted molar refractivity (Wildman–Crippen MR) is 105 cm³/mol. The molecular formula is C16H17Cl3N6O3. The third-order valence-electron chi connectivity index (χ3n) is 4.24. The fourth-order valence-electron chi connectivity index (χ4n) is 2.90. The Balaban J connectivity index is 1.69. The lowest BCUT2D eigenvalue weighted by molar-refractivity contribution is 0.0532. The van der Waals surface area contributed by atoms with E-state index in [-0.39, 0.29) is 33.6 Å². The third kappa shape index (κ3) is 4.33. The number of aromatic nitrogens is 3. The molecule has 0 radical (unpaired) electrons. The number of nitrogens with one attached hydrogen (secondary N) is 3. The van der Waals surface area contributed by atoms with Crippen molar-refractivity contribution in [2.75, 3.05) is 25.1 Å². The Hall–Kier alpha value is -2.07. The van der Waals surface area contributed by atoms with Gasteiger partial charge in [-0.05, 0) is 24.9 Å². The van der Waals surface area contributed by atoms with Crippen LogP contribution in [0.3, 0.4) is 0 Å². The molecule has 1 fully saturated rings.